The van der Waals surface area contributed by atoms with Crippen LogP contribution in [-0.4, -0.2) is 37.9 Å². The number of nitrogen functional groups attached to an aromatic ring is 1. The molecule has 0 radical (unpaired) electrons. The quantitative estimate of drug-likeness (QED) is 0.485. The summed E-state index contributed by atoms with van der Waals surface area (Å²) < 4.78 is 13.4. The zero-order valence-corrected chi connectivity index (χ0v) is 21.1. The van der Waals surface area contributed by atoms with Gasteiger partial charge in [-0.05, 0) is 88.0 Å². The van der Waals surface area contributed by atoms with Crippen LogP contribution in [0.1, 0.15) is 54.0 Å². The van der Waals surface area contributed by atoms with Gasteiger partial charge in [-0.25, -0.2) is 0 Å². The zero-order chi connectivity index (χ0) is 22.5. The molecule has 172 valence electrons. The number of hydrogen-bond donors (Lipinski definition) is 1. The predicted octanol–water partition coefficient (Wildman–Crippen LogP) is 5.64. The Morgan fingerprint density at radius 1 is 1.06 bits per heavy atom. The molecule has 0 saturated carbocycles. The molecular formula is C27H38N2O2Si. The van der Waals surface area contributed by atoms with Gasteiger partial charge >= 0.3 is 0 Å². The summed E-state index contributed by atoms with van der Waals surface area (Å²) >= 11 is 0. The van der Waals surface area contributed by atoms with Crippen molar-refractivity contribution in [3.63, 3.8) is 0 Å². The molecule has 2 aromatic carbocycles. The van der Waals surface area contributed by atoms with E-state index in [2.05, 4.69) is 61.8 Å². The van der Waals surface area contributed by atoms with Gasteiger partial charge in [0, 0.05) is 36.8 Å². The summed E-state index contributed by atoms with van der Waals surface area (Å²) in [5.41, 5.74) is 12.4. The van der Waals surface area contributed by atoms with E-state index >= 15 is 0 Å². The Hall–Kier alpha value is -1.82. The molecule has 2 aromatic rings. The summed E-state index contributed by atoms with van der Waals surface area (Å²) in [6.45, 7) is 11.2. The van der Waals surface area contributed by atoms with Crippen LogP contribution in [-0.2, 0) is 17.3 Å². The highest BCUT2D eigenvalue weighted by Crippen LogP contribution is 2.47. The molecule has 1 fully saturated rings. The number of fused-ring (bicyclic) bond motifs is 2. The molecule has 5 rings (SSSR count). The molecule has 1 saturated heterocycles. The van der Waals surface area contributed by atoms with Gasteiger partial charge in [0.05, 0.1) is 6.10 Å². The smallest absolute Gasteiger partial charge is 0.184 e. The summed E-state index contributed by atoms with van der Waals surface area (Å²) in [5, 5.41) is 0. The summed E-state index contributed by atoms with van der Waals surface area (Å²) in [7, 11) is -1.70. The van der Waals surface area contributed by atoms with Gasteiger partial charge in [-0.15, -0.1) is 0 Å². The molecule has 2 heterocycles. The molecule has 1 aliphatic carbocycles. The van der Waals surface area contributed by atoms with Gasteiger partial charge in [0.15, 0.2) is 8.32 Å². The van der Waals surface area contributed by atoms with Gasteiger partial charge in [0.1, 0.15) is 11.4 Å². The largest absolute Gasteiger partial charge is 0.487 e. The van der Waals surface area contributed by atoms with Gasteiger partial charge in [0.2, 0.25) is 0 Å². The Balaban J connectivity index is 1.30. The topological polar surface area (TPSA) is 47.7 Å². The molecule has 0 bridgehead atoms. The Bertz CT molecular complexity index is 992. The number of piperidine rings is 1. The Kier molecular flexibility index (Phi) is 5.63. The van der Waals surface area contributed by atoms with E-state index in [4.69, 9.17) is 14.9 Å². The number of likely N-dealkylation sites (tertiary alicyclic amines) is 1. The number of aryl methyl sites for hydroxylation is 2. The molecule has 4 nitrogen and oxygen atoms in total. The monoisotopic (exact) mass is 450 g/mol. The van der Waals surface area contributed by atoms with Crippen molar-refractivity contribution in [1.82, 2.24) is 4.90 Å². The molecule has 2 unspecified atom stereocenters. The normalized spacial score (nSPS) is 25.1. The van der Waals surface area contributed by atoms with Crippen molar-refractivity contribution >= 4 is 14.0 Å². The molecule has 32 heavy (non-hydrogen) atoms. The standard InChI is InChI=1S/C27H38N2O2Si/c1-19-5-6-21-16-23(9-7-20(21)15-19)29-13-11-27(12-14-29)18-26(31-32(2,3)4)24-17-22(28)8-10-25(24)30-27/h5-6,8,10,15,17,23,26H,7,9,11-14,16,18,28H2,1-4H3. The maximum absolute atomic E-state index is 6.72. The lowest BCUT2D eigenvalue weighted by atomic mass is 9.80. The first kappa shape index (κ1) is 22.0. The molecule has 0 amide bonds. The van der Waals surface area contributed by atoms with Crippen LogP contribution in [0.3, 0.4) is 0 Å². The molecule has 5 heteroatoms. The summed E-state index contributed by atoms with van der Waals surface area (Å²) in [6, 6.07) is 13.7. The number of anilines is 1. The fourth-order valence-electron chi connectivity index (χ4n) is 5.95. The fourth-order valence-corrected chi connectivity index (χ4v) is 7.01. The lowest BCUT2D eigenvalue weighted by Crippen LogP contribution is -2.54. The first-order chi connectivity index (χ1) is 15.2. The van der Waals surface area contributed by atoms with Gasteiger partial charge < -0.3 is 14.9 Å². The maximum atomic E-state index is 6.72. The summed E-state index contributed by atoms with van der Waals surface area (Å²) in [6.07, 6.45) is 6.83. The van der Waals surface area contributed by atoms with Gasteiger partial charge in [0.25, 0.3) is 0 Å². The number of nitrogens with zero attached hydrogens (tertiary/aromatic N) is 1. The first-order valence-electron chi connectivity index (χ1n) is 12.3. The second-order valence-corrected chi connectivity index (χ2v) is 15.7. The minimum absolute atomic E-state index is 0.0882. The third-order valence-corrected chi connectivity index (χ3v) is 8.54. The first-order valence-corrected chi connectivity index (χ1v) is 15.7. The molecule has 1 spiro atoms. The number of rotatable bonds is 3. The van der Waals surface area contributed by atoms with Gasteiger partial charge in [-0.2, -0.15) is 0 Å². The third kappa shape index (κ3) is 4.48. The fraction of sp³-hybridized carbons (Fsp3) is 0.556. The van der Waals surface area contributed by atoms with Crippen LogP contribution in [0.4, 0.5) is 5.69 Å². The van der Waals surface area contributed by atoms with Crippen molar-refractivity contribution in [3.8, 4) is 5.75 Å². The summed E-state index contributed by atoms with van der Waals surface area (Å²) in [5.74, 6) is 0.976. The number of hydrogen-bond acceptors (Lipinski definition) is 4. The highest BCUT2D eigenvalue weighted by Gasteiger charge is 2.45. The van der Waals surface area contributed by atoms with Crippen molar-refractivity contribution in [3.05, 3.63) is 58.7 Å². The van der Waals surface area contributed by atoms with Crippen molar-refractivity contribution in [2.45, 2.75) is 82.8 Å². The van der Waals surface area contributed by atoms with E-state index in [0.717, 1.165) is 49.4 Å². The lowest BCUT2D eigenvalue weighted by molar-refractivity contribution is -0.0570. The third-order valence-electron chi connectivity index (χ3n) is 7.55. The molecule has 3 aliphatic rings. The van der Waals surface area contributed by atoms with Crippen LogP contribution >= 0.6 is 0 Å². The van der Waals surface area contributed by atoms with E-state index in [1.165, 1.54) is 24.8 Å². The van der Waals surface area contributed by atoms with E-state index < -0.39 is 8.32 Å². The van der Waals surface area contributed by atoms with Crippen LogP contribution in [0, 0.1) is 6.92 Å². The number of nitrogens with two attached hydrogens (primary N) is 1. The van der Waals surface area contributed by atoms with Crippen LogP contribution in [0.2, 0.25) is 19.6 Å². The van der Waals surface area contributed by atoms with Crippen molar-refractivity contribution in [2.75, 3.05) is 18.8 Å². The second kappa shape index (κ2) is 8.19. The van der Waals surface area contributed by atoms with Crippen LogP contribution in [0.5, 0.6) is 5.75 Å². The van der Waals surface area contributed by atoms with E-state index in [1.807, 2.05) is 6.07 Å². The van der Waals surface area contributed by atoms with Crippen LogP contribution in [0.15, 0.2) is 36.4 Å². The molecule has 2 N–H and O–H groups in total. The van der Waals surface area contributed by atoms with Crippen LogP contribution < -0.4 is 10.5 Å². The molecule has 0 aromatic heterocycles. The van der Waals surface area contributed by atoms with Crippen molar-refractivity contribution in [1.29, 1.82) is 0 Å². The number of benzene rings is 2. The Morgan fingerprint density at radius 3 is 2.59 bits per heavy atom. The predicted molar refractivity (Wildman–Crippen MR) is 134 cm³/mol. The second-order valence-electron chi connectivity index (χ2n) is 11.2. The molecule has 2 aliphatic heterocycles. The van der Waals surface area contributed by atoms with Crippen LogP contribution in [0.25, 0.3) is 0 Å². The maximum Gasteiger partial charge on any atom is 0.184 e. The average Bonchev–Trinajstić information content (AvgIpc) is 2.73. The minimum Gasteiger partial charge on any atom is -0.487 e. The summed E-state index contributed by atoms with van der Waals surface area (Å²) in [4.78, 5) is 2.73. The van der Waals surface area contributed by atoms with E-state index in [9.17, 15) is 0 Å². The number of ether oxygens (including phenoxy) is 1. The van der Waals surface area contributed by atoms with E-state index in [0.29, 0.717) is 6.04 Å². The van der Waals surface area contributed by atoms with Gasteiger partial charge in [-0.1, -0.05) is 23.8 Å². The lowest BCUT2D eigenvalue weighted by Gasteiger charge is -2.49. The Morgan fingerprint density at radius 2 is 1.84 bits per heavy atom. The van der Waals surface area contributed by atoms with Gasteiger partial charge in [-0.3, -0.25) is 4.90 Å². The molecular weight excluding hydrogens is 412 g/mol. The zero-order valence-electron chi connectivity index (χ0n) is 20.1. The average molecular weight is 451 g/mol. The SMILES string of the molecule is Cc1ccc2c(c1)CCC(N1CCC3(CC1)CC(O[Si](C)(C)C)c1cc(N)ccc1O3)C2. The highest BCUT2D eigenvalue weighted by atomic mass is 28.4. The molecule has 2 atom stereocenters. The van der Waals surface area contributed by atoms with Crippen molar-refractivity contribution < 1.29 is 9.16 Å². The van der Waals surface area contributed by atoms with E-state index in [1.54, 1.807) is 11.1 Å². The minimum atomic E-state index is -1.70. The van der Waals surface area contributed by atoms with Crippen molar-refractivity contribution in [2.24, 2.45) is 0 Å². The van der Waals surface area contributed by atoms with E-state index in [-0.39, 0.29) is 11.7 Å². The Labute approximate surface area is 194 Å². The highest BCUT2D eigenvalue weighted by molar-refractivity contribution is 6.69.